The van der Waals surface area contributed by atoms with Crippen LogP contribution in [-0.4, -0.2) is 19.3 Å². The third-order valence-electron chi connectivity index (χ3n) is 2.01. The fraction of sp³-hybridized carbons (Fsp3) is 0.167. The van der Waals surface area contributed by atoms with Crippen molar-refractivity contribution in [2.45, 2.75) is 6.42 Å². The molecule has 16 heavy (non-hydrogen) atoms. The first-order chi connectivity index (χ1) is 7.67. The Bertz CT molecular complexity index is 424. The van der Waals surface area contributed by atoms with E-state index in [1.165, 1.54) is 7.11 Å². The number of carbonyl (C=O) groups excluding carboxylic acids is 2. The zero-order chi connectivity index (χ0) is 12.0. The zero-order valence-electron chi connectivity index (χ0n) is 8.97. The van der Waals surface area contributed by atoms with E-state index in [9.17, 15) is 9.59 Å². The van der Waals surface area contributed by atoms with Gasteiger partial charge in [-0.15, -0.1) is 0 Å². The Balaban J connectivity index is 2.86. The fourth-order valence-electron chi connectivity index (χ4n) is 1.26. The summed E-state index contributed by atoms with van der Waals surface area (Å²) < 4.78 is 5.00. The van der Waals surface area contributed by atoms with Crippen LogP contribution in [0.1, 0.15) is 22.3 Å². The molecule has 0 spiro atoms. The summed E-state index contributed by atoms with van der Waals surface area (Å²) in [7, 11) is 1.50. The Morgan fingerprint density at radius 2 is 2.25 bits per heavy atom. The van der Waals surface area contributed by atoms with Crippen LogP contribution in [0.5, 0.6) is 5.75 Å². The molecular formula is C12H13NO3. The van der Waals surface area contributed by atoms with Gasteiger partial charge in [-0.1, -0.05) is 18.2 Å². The SMILES string of the molecule is COc1ccc(C=CCC(N)=O)cc1C=O. The van der Waals surface area contributed by atoms with E-state index in [-0.39, 0.29) is 12.3 Å². The predicted molar refractivity (Wildman–Crippen MR) is 61.2 cm³/mol. The average molecular weight is 219 g/mol. The van der Waals surface area contributed by atoms with E-state index in [1.54, 1.807) is 30.4 Å². The molecule has 1 rings (SSSR count). The van der Waals surface area contributed by atoms with Gasteiger partial charge in [0.05, 0.1) is 12.7 Å². The van der Waals surface area contributed by atoms with Crippen LogP contribution in [-0.2, 0) is 4.79 Å². The molecule has 1 aromatic carbocycles. The molecule has 0 heterocycles. The van der Waals surface area contributed by atoms with Crippen molar-refractivity contribution in [3.63, 3.8) is 0 Å². The van der Waals surface area contributed by atoms with Crippen molar-refractivity contribution in [1.29, 1.82) is 0 Å². The molecule has 4 nitrogen and oxygen atoms in total. The number of carbonyl (C=O) groups is 2. The van der Waals surface area contributed by atoms with Gasteiger partial charge in [-0.2, -0.15) is 0 Å². The number of rotatable bonds is 5. The van der Waals surface area contributed by atoms with Gasteiger partial charge in [-0.05, 0) is 17.7 Å². The number of nitrogens with two attached hydrogens (primary N) is 1. The molecule has 0 radical (unpaired) electrons. The van der Waals surface area contributed by atoms with E-state index in [0.29, 0.717) is 11.3 Å². The van der Waals surface area contributed by atoms with Gasteiger partial charge in [0.1, 0.15) is 5.75 Å². The predicted octanol–water partition coefficient (Wildman–Crippen LogP) is 1.40. The number of amides is 1. The number of benzene rings is 1. The van der Waals surface area contributed by atoms with E-state index in [2.05, 4.69) is 0 Å². The van der Waals surface area contributed by atoms with Crippen LogP contribution in [0.15, 0.2) is 24.3 Å². The molecule has 0 bridgehead atoms. The molecule has 0 unspecified atom stereocenters. The van der Waals surface area contributed by atoms with E-state index in [1.807, 2.05) is 0 Å². The minimum absolute atomic E-state index is 0.183. The van der Waals surface area contributed by atoms with E-state index < -0.39 is 0 Å². The Morgan fingerprint density at radius 3 is 2.81 bits per heavy atom. The Morgan fingerprint density at radius 1 is 1.50 bits per heavy atom. The minimum Gasteiger partial charge on any atom is -0.496 e. The fourth-order valence-corrected chi connectivity index (χ4v) is 1.26. The van der Waals surface area contributed by atoms with Gasteiger partial charge in [0.15, 0.2) is 6.29 Å². The number of aldehydes is 1. The minimum atomic E-state index is -0.389. The zero-order valence-corrected chi connectivity index (χ0v) is 8.97. The Labute approximate surface area is 93.7 Å². The average Bonchev–Trinajstić information content (AvgIpc) is 2.28. The molecule has 0 aliphatic rings. The Hall–Kier alpha value is -2.10. The molecular weight excluding hydrogens is 206 g/mol. The van der Waals surface area contributed by atoms with Crippen LogP contribution in [0.2, 0.25) is 0 Å². The van der Waals surface area contributed by atoms with E-state index in [4.69, 9.17) is 10.5 Å². The summed E-state index contributed by atoms with van der Waals surface area (Å²) in [4.78, 5) is 21.3. The second-order valence-electron chi connectivity index (χ2n) is 3.19. The maximum Gasteiger partial charge on any atom is 0.221 e. The molecule has 0 atom stereocenters. The Kier molecular flexibility index (Phi) is 4.27. The van der Waals surface area contributed by atoms with Crippen molar-refractivity contribution in [2.75, 3.05) is 7.11 Å². The highest BCUT2D eigenvalue weighted by Gasteiger charge is 2.01. The molecule has 0 saturated carbocycles. The van der Waals surface area contributed by atoms with Gasteiger partial charge in [0, 0.05) is 6.42 Å². The third-order valence-corrected chi connectivity index (χ3v) is 2.01. The lowest BCUT2D eigenvalue weighted by atomic mass is 10.1. The lowest BCUT2D eigenvalue weighted by Gasteiger charge is -2.03. The van der Waals surface area contributed by atoms with Crippen molar-refractivity contribution >= 4 is 18.3 Å². The molecule has 1 amide bonds. The van der Waals surface area contributed by atoms with Crippen molar-refractivity contribution < 1.29 is 14.3 Å². The maximum atomic E-state index is 10.7. The topological polar surface area (TPSA) is 69.4 Å². The standard InChI is InChI=1S/C12H13NO3/c1-16-11-6-5-9(7-10(11)8-14)3-2-4-12(13)15/h2-3,5-8H,4H2,1H3,(H2,13,15). The number of hydrogen-bond acceptors (Lipinski definition) is 3. The van der Waals surface area contributed by atoms with Crippen LogP contribution < -0.4 is 10.5 Å². The van der Waals surface area contributed by atoms with Crippen molar-refractivity contribution in [1.82, 2.24) is 0 Å². The van der Waals surface area contributed by atoms with Crippen LogP contribution in [0.4, 0.5) is 0 Å². The highest BCUT2D eigenvalue weighted by atomic mass is 16.5. The second-order valence-corrected chi connectivity index (χ2v) is 3.19. The summed E-state index contributed by atoms with van der Waals surface area (Å²) in [5, 5.41) is 0. The summed E-state index contributed by atoms with van der Waals surface area (Å²) in [6, 6.07) is 5.18. The lowest BCUT2D eigenvalue weighted by molar-refractivity contribution is -0.117. The van der Waals surface area contributed by atoms with Crippen LogP contribution in [0.25, 0.3) is 6.08 Å². The first-order valence-electron chi connectivity index (χ1n) is 4.75. The summed E-state index contributed by atoms with van der Waals surface area (Å²) >= 11 is 0. The molecule has 0 aromatic heterocycles. The van der Waals surface area contributed by atoms with Crippen LogP contribution >= 0.6 is 0 Å². The number of ether oxygens (including phenoxy) is 1. The first kappa shape index (κ1) is 12.0. The molecule has 1 aromatic rings. The number of hydrogen-bond donors (Lipinski definition) is 1. The lowest BCUT2D eigenvalue weighted by Crippen LogP contribution is -2.07. The largest absolute Gasteiger partial charge is 0.496 e. The van der Waals surface area contributed by atoms with Gasteiger partial charge in [-0.25, -0.2) is 0 Å². The van der Waals surface area contributed by atoms with Crippen molar-refractivity contribution in [3.8, 4) is 5.75 Å². The second kappa shape index (κ2) is 5.70. The number of methoxy groups -OCH3 is 1. The van der Waals surface area contributed by atoms with Crippen LogP contribution in [0, 0.1) is 0 Å². The van der Waals surface area contributed by atoms with Gasteiger partial charge >= 0.3 is 0 Å². The monoisotopic (exact) mass is 219 g/mol. The van der Waals surface area contributed by atoms with Crippen molar-refractivity contribution in [2.24, 2.45) is 5.73 Å². The summed E-state index contributed by atoms with van der Waals surface area (Å²) in [6.07, 6.45) is 4.29. The molecule has 0 saturated heterocycles. The van der Waals surface area contributed by atoms with Gasteiger partial charge < -0.3 is 10.5 Å². The highest BCUT2D eigenvalue weighted by Crippen LogP contribution is 2.18. The normalized spacial score (nSPS) is 10.3. The quantitative estimate of drug-likeness (QED) is 0.761. The highest BCUT2D eigenvalue weighted by molar-refractivity contribution is 5.81. The third kappa shape index (κ3) is 3.24. The molecule has 2 N–H and O–H groups in total. The first-order valence-corrected chi connectivity index (χ1v) is 4.75. The molecule has 84 valence electrons. The summed E-state index contributed by atoms with van der Waals surface area (Å²) in [5.41, 5.74) is 6.29. The molecule has 0 aliphatic heterocycles. The van der Waals surface area contributed by atoms with Crippen LogP contribution in [0.3, 0.4) is 0 Å². The summed E-state index contributed by atoms with van der Waals surface area (Å²) in [6.45, 7) is 0. The van der Waals surface area contributed by atoms with E-state index in [0.717, 1.165) is 11.8 Å². The number of primary amides is 1. The van der Waals surface area contributed by atoms with Gasteiger partial charge in [0.2, 0.25) is 5.91 Å². The molecule has 0 aliphatic carbocycles. The maximum absolute atomic E-state index is 10.7. The van der Waals surface area contributed by atoms with Gasteiger partial charge in [0.25, 0.3) is 0 Å². The summed E-state index contributed by atoms with van der Waals surface area (Å²) in [5.74, 6) is 0.141. The molecule has 4 heteroatoms. The molecule has 0 fully saturated rings. The van der Waals surface area contributed by atoms with Crippen molar-refractivity contribution in [3.05, 3.63) is 35.4 Å². The van der Waals surface area contributed by atoms with E-state index >= 15 is 0 Å². The smallest absolute Gasteiger partial charge is 0.221 e. The van der Waals surface area contributed by atoms with Gasteiger partial charge in [-0.3, -0.25) is 9.59 Å².